The molecule has 0 saturated carbocycles. The molecule has 1 N–H and O–H groups in total. The quantitative estimate of drug-likeness (QED) is 0.871. The molecular formula is C14H20N2O3. The first-order chi connectivity index (χ1) is 9.02. The first-order valence-electron chi connectivity index (χ1n) is 6.39. The lowest BCUT2D eigenvalue weighted by Gasteiger charge is -2.37. The largest absolute Gasteiger partial charge is 0.507 e. The summed E-state index contributed by atoms with van der Waals surface area (Å²) >= 11 is 0. The number of carbonyl (C=O) groups excluding carboxylic acids is 1. The first kappa shape index (κ1) is 13.7. The molecule has 104 valence electrons. The molecule has 2 rings (SSSR count). The number of methoxy groups -OCH3 is 1. The average Bonchev–Trinajstić information content (AvgIpc) is 2.41. The van der Waals surface area contributed by atoms with Crippen LogP contribution in [0.4, 0.5) is 0 Å². The number of hydrogen-bond donors (Lipinski definition) is 1. The maximum Gasteiger partial charge on any atom is 0.257 e. The monoisotopic (exact) mass is 264 g/mol. The lowest BCUT2D eigenvalue weighted by atomic mass is 10.1. The molecule has 0 aliphatic carbocycles. The Hall–Kier alpha value is -1.75. The molecule has 1 heterocycles. The molecule has 19 heavy (non-hydrogen) atoms. The minimum atomic E-state index is -0.142. The number of phenolic OH excluding ortho intramolecular Hbond substituents is 1. The van der Waals surface area contributed by atoms with Gasteiger partial charge in [0.1, 0.15) is 11.5 Å². The van der Waals surface area contributed by atoms with E-state index in [0.717, 1.165) is 6.54 Å². The van der Waals surface area contributed by atoms with Crippen molar-refractivity contribution in [2.45, 2.75) is 13.0 Å². The Morgan fingerprint density at radius 1 is 1.42 bits per heavy atom. The van der Waals surface area contributed by atoms with E-state index in [9.17, 15) is 9.90 Å². The number of nitrogens with zero attached hydrogens (tertiary/aromatic N) is 2. The van der Waals surface area contributed by atoms with Crippen molar-refractivity contribution in [3.8, 4) is 11.5 Å². The zero-order valence-electron chi connectivity index (χ0n) is 11.6. The van der Waals surface area contributed by atoms with Crippen LogP contribution in [0.5, 0.6) is 11.5 Å². The van der Waals surface area contributed by atoms with Gasteiger partial charge in [0.15, 0.2) is 0 Å². The van der Waals surface area contributed by atoms with Gasteiger partial charge in [0.25, 0.3) is 5.91 Å². The second-order valence-electron chi connectivity index (χ2n) is 4.96. The molecule has 1 amide bonds. The van der Waals surface area contributed by atoms with Crippen molar-refractivity contribution in [1.82, 2.24) is 9.80 Å². The van der Waals surface area contributed by atoms with Crippen LogP contribution in [0.2, 0.25) is 0 Å². The molecular weight excluding hydrogens is 244 g/mol. The Bertz CT molecular complexity index is 476. The SMILES string of the molecule is COc1ccc(O)c(C(=O)N2CCN(C)C(C)C2)c1. The van der Waals surface area contributed by atoms with Crippen LogP contribution in [0.15, 0.2) is 18.2 Å². The first-order valence-corrected chi connectivity index (χ1v) is 6.39. The van der Waals surface area contributed by atoms with Crippen molar-refractivity contribution in [2.75, 3.05) is 33.8 Å². The maximum absolute atomic E-state index is 12.4. The van der Waals surface area contributed by atoms with Crippen molar-refractivity contribution >= 4 is 5.91 Å². The number of benzene rings is 1. The molecule has 1 fully saturated rings. The van der Waals surface area contributed by atoms with Crippen LogP contribution < -0.4 is 4.74 Å². The van der Waals surface area contributed by atoms with Crippen molar-refractivity contribution in [3.05, 3.63) is 23.8 Å². The Balaban J connectivity index is 2.20. The molecule has 0 bridgehead atoms. The fraction of sp³-hybridized carbons (Fsp3) is 0.500. The Labute approximate surface area is 113 Å². The summed E-state index contributed by atoms with van der Waals surface area (Å²) in [4.78, 5) is 16.4. The van der Waals surface area contributed by atoms with Crippen LogP contribution in [0.1, 0.15) is 17.3 Å². The van der Waals surface area contributed by atoms with Gasteiger partial charge in [-0.05, 0) is 32.2 Å². The molecule has 1 aliphatic rings. The third kappa shape index (κ3) is 2.81. The van der Waals surface area contributed by atoms with Gasteiger partial charge in [0.05, 0.1) is 12.7 Å². The standard InChI is InChI=1S/C14H20N2O3/c1-10-9-16(7-6-15(10)2)14(18)12-8-11(19-3)4-5-13(12)17/h4-5,8,10,17H,6-7,9H2,1-3H3. The normalized spacial score (nSPS) is 20.4. The van der Waals surface area contributed by atoms with Crippen LogP contribution in [0.3, 0.4) is 0 Å². The fourth-order valence-corrected chi connectivity index (χ4v) is 2.22. The van der Waals surface area contributed by atoms with Gasteiger partial charge in [0.2, 0.25) is 0 Å². The van der Waals surface area contributed by atoms with E-state index in [2.05, 4.69) is 18.9 Å². The second kappa shape index (κ2) is 5.48. The summed E-state index contributed by atoms with van der Waals surface area (Å²) in [5.41, 5.74) is 0.302. The van der Waals surface area contributed by atoms with E-state index in [0.29, 0.717) is 30.4 Å². The minimum absolute atomic E-state index is 0.00242. The van der Waals surface area contributed by atoms with Gasteiger partial charge in [-0.1, -0.05) is 0 Å². The van der Waals surface area contributed by atoms with E-state index in [1.807, 2.05) is 0 Å². The Morgan fingerprint density at radius 3 is 2.79 bits per heavy atom. The summed E-state index contributed by atoms with van der Waals surface area (Å²) in [7, 11) is 3.59. The van der Waals surface area contributed by atoms with Crippen LogP contribution in [0, 0.1) is 0 Å². The van der Waals surface area contributed by atoms with Crippen LogP contribution in [0.25, 0.3) is 0 Å². The topological polar surface area (TPSA) is 53.0 Å². The predicted molar refractivity (Wildman–Crippen MR) is 72.7 cm³/mol. The van der Waals surface area contributed by atoms with Crippen LogP contribution >= 0.6 is 0 Å². The Morgan fingerprint density at radius 2 is 2.16 bits per heavy atom. The van der Waals surface area contributed by atoms with E-state index in [4.69, 9.17) is 4.74 Å². The van der Waals surface area contributed by atoms with E-state index in [1.165, 1.54) is 6.07 Å². The number of hydrogen-bond acceptors (Lipinski definition) is 4. The zero-order chi connectivity index (χ0) is 14.0. The third-order valence-corrected chi connectivity index (χ3v) is 3.68. The highest BCUT2D eigenvalue weighted by Crippen LogP contribution is 2.25. The van der Waals surface area contributed by atoms with Gasteiger partial charge in [-0.3, -0.25) is 4.79 Å². The van der Waals surface area contributed by atoms with Crippen LogP contribution in [-0.4, -0.2) is 60.6 Å². The van der Waals surface area contributed by atoms with Crippen molar-refractivity contribution in [1.29, 1.82) is 0 Å². The average molecular weight is 264 g/mol. The number of likely N-dealkylation sites (N-methyl/N-ethyl adjacent to an activating group) is 1. The van der Waals surface area contributed by atoms with Crippen molar-refractivity contribution in [3.63, 3.8) is 0 Å². The summed E-state index contributed by atoms with van der Waals surface area (Å²) in [5.74, 6) is 0.428. The number of ether oxygens (including phenoxy) is 1. The smallest absolute Gasteiger partial charge is 0.257 e. The molecule has 0 radical (unpaired) electrons. The maximum atomic E-state index is 12.4. The van der Waals surface area contributed by atoms with Crippen LogP contribution in [-0.2, 0) is 0 Å². The molecule has 1 aromatic rings. The summed E-state index contributed by atoms with van der Waals surface area (Å²) < 4.78 is 5.10. The van der Waals surface area contributed by atoms with Gasteiger partial charge < -0.3 is 19.6 Å². The lowest BCUT2D eigenvalue weighted by molar-refractivity contribution is 0.0569. The number of piperazine rings is 1. The summed E-state index contributed by atoms with van der Waals surface area (Å²) in [6, 6.07) is 5.04. The number of phenols is 1. The number of carbonyl (C=O) groups is 1. The van der Waals surface area contributed by atoms with Gasteiger partial charge in [-0.2, -0.15) is 0 Å². The molecule has 1 aromatic carbocycles. The Kier molecular flexibility index (Phi) is 3.95. The zero-order valence-corrected chi connectivity index (χ0v) is 11.6. The number of amides is 1. The van der Waals surface area contributed by atoms with E-state index < -0.39 is 0 Å². The summed E-state index contributed by atoms with van der Waals surface area (Å²) in [6.45, 7) is 4.28. The molecule has 5 heteroatoms. The fourth-order valence-electron chi connectivity index (χ4n) is 2.22. The molecule has 0 aromatic heterocycles. The number of rotatable bonds is 2. The van der Waals surface area contributed by atoms with Gasteiger partial charge in [-0.15, -0.1) is 0 Å². The van der Waals surface area contributed by atoms with Crippen molar-refractivity contribution in [2.24, 2.45) is 0 Å². The van der Waals surface area contributed by atoms with Gasteiger partial charge in [-0.25, -0.2) is 0 Å². The molecule has 0 spiro atoms. The molecule has 1 unspecified atom stereocenters. The molecule has 1 saturated heterocycles. The van der Waals surface area contributed by atoms with Gasteiger partial charge in [0, 0.05) is 25.7 Å². The van der Waals surface area contributed by atoms with E-state index >= 15 is 0 Å². The van der Waals surface area contributed by atoms with Gasteiger partial charge >= 0.3 is 0 Å². The highest BCUT2D eigenvalue weighted by Gasteiger charge is 2.26. The molecule has 1 aliphatic heterocycles. The highest BCUT2D eigenvalue weighted by atomic mass is 16.5. The predicted octanol–water partition coefficient (Wildman–Crippen LogP) is 1.18. The summed E-state index contributed by atoms with van der Waals surface area (Å²) in [6.07, 6.45) is 0. The second-order valence-corrected chi connectivity index (χ2v) is 4.96. The van der Waals surface area contributed by atoms with E-state index in [-0.39, 0.29) is 11.7 Å². The van der Waals surface area contributed by atoms with Crippen molar-refractivity contribution < 1.29 is 14.6 Å². The molecule has 5 nitrogen and oxygen atoms in total. The third-order valence-electron chi connectivity index (χ3n) is 3.68. The van der Waals surface area contributed by atoms with E-state index in [1.54, 1.807) is 24.1 Å². The number of aromatic hydroxyl groups is 1. The lowest BCUT2D eigenvalue weighted by Crippen LogP contribution is -2.52. The minimum Gasteiger partial charge on any atom is -0.507 e. The summed E-state index contributed by atoms with van der Waals surface area (Å²) in [5, 5.41) is 9.84. The molecule has 1 atom stereocenters. The highest BCUT2D eigenvalue weighted by molar-refractivity contribution is 5.97.